The molecule has 0 aliphatic carbocycles. The van der Waals surface area contributed by atoms with Crippen LogP contribution in [0.1, 0.15) is 11.3 Å². The van der Waals surface area contributed by atoms with E-state index in [0.29, 0.717) is 0 Å². The van der Waals surface area contributed by atoms with E-state index in [2.05, 4.69) is 59.3 Å². The molecule has 16 heavy (non-hydrogen) atoms. The molecule has 3 nitrogen and oxygen atoms in total. The lowest BCUT2D eigenvalue weighted by atomic mass is 10.1. The number of H-pyrrole nitrogens is 1. The smallest absolute Gasteiger partial charge is 0.106 e. The summed E-state index contributed by atoms with van der Waals surface area (Å²) in [5, 5.41) is 12.5. The molecule has 0 saturated carbocycles. The molecule has 0 unspecified atom stereocenters. The lowest BCUT2D eigenvalue weighted by Crippen LogP contribution is -2.41. The third-order valence-corrected chi connectivity index (χ3v) is 4.37. The molecule has 2 aromatic rings. The van der Waals surface area contributed by atoms with Crippen LogP contribution in [0.2, 0.25) is 19.6 Å². The van der Waals surface area contributed by atoms with Crippen LogP contribution in [0.5, 0.6) is 0 Å². The SMILES string of the molecule is C[Si](C)(C)c1n[nH]nc1Cc1ccccc1. The zero-order valence-corrected chi connectivity index (χ0v) is 11.0. The van der Waals surface area contributed by atoms with Crippen LogP contribution in [0.15, 0.2) is 30.3 Å². The predicted molar refractivity (Wildman–Crippen MR) is 68.6 cm³/mol. The Labute approximate surface area is 96.9 Å². The van der Waals surface area contributed by atoms with Crippen LogP contribution < -0.4 is 5.32 Å². The van der Waals surface area contributed by atoms with E-state index in [4.69, 9.17) is 0 Å². The van der Waals surface area contributed by atoms with E-state index >= 15 is 0 Å². The number of benzene rings is 1. The number of aromatic amines is 1. The second-order valence-corrected chi connectivity index (χ2v) is 10.0. The van der Waals surface area contributed by atoms with Gasteiger partial charge < -0.3 is 0 Å². The molecule has 0 fully saturated rings. The van der Waals surface area contributed by atoms with Crippen molar-refractivity contribution < 1.29 is 0 Å². The zero-order valence-electron chi connectivity index (χ0n) is 9.99. The summed E-state index contributed by atoms with van der Waals surface area (Å²) in [6.07, 6.45) is 0.872. The van der Waals surface area contributed by atoms with E-state index in [0.717, 1.165) is 12.1 Å². The first-order valence-electron chi connectivity index (χ1n) is 5.51. The normalized spacial score (nSPS) is 11.7. The van der Waals surface area contributed by atoms with E-state index < -0.39 is 8.07 Å². The molecule has 0 spiro atoms. The molecule has 0 atom stereocenters. The Morgan fingerprint density at radius 2 is 1.75 bits per heavy atom. The molecule has 1 N–H and O–H groups in total. The maximum atomic E-state index is 4.31. The van der Waals surface area contributed by atoms with Gasteiger partial charge in [0, 0.05) is 6.42 Å². The highest BCUT2D eigenvalue weighted by Gasteiger charge is 2.24. The third-order valence-electron chi connectivity index (χ3n) is 2.54. The van der Waals surface area contributed by atoms with E-state index in [9.17, 15) is 0 Å². The van der Waals surface area contributed by atoms with Gasteiger partial charge in [-0.2, -0.15) is 15.4 Å². The van der Waals surface area contributed by atoms with E-state index in [1.807, 2.05) is 6.07 Å². The van der Waals surface area contributed by atoms with Crippen molar-refractivity contribution >= 4 is 13.4 Å². The van der Waals surface area contributed by atoms with Gasteiger partial charge in [-0.15, -0.1) is 0 Å². The molecule has 0 amide bonds. The molecule has 0 aliphatic rings. The first-order chi connectivity index (χ1) is 7.57. The number of rotatable bonds is 3. The number of nitrogens with one attached hydrogen (secondary N) is 1. The lowest BCUT2D eigenvalue weighted by molar-refractivity contribution is 0.916. The minimum absolute atomic E-state index is 0.872. The highest BCUT2D eigenvalue weighted by atomic mass is 28.3. The van der Waals surface area contributed by atoms with Gasteiger partial charge in [-0.1, -0.05) is 50.0 Å². The molecule has 0 bridgehead atoms. The van der Waals surface area contributed by atoms with Crippen molar-refractivity contribution in [3.63, 3.8) is 0 Å². The van der Waals surface area contributed by atoms with Crippen LogP contribution in [-0.4, -0.2) is 23.5 Å². The highest BCUT2D eigenvalue weighted by Crippen LogP contribution is 2.08. The van der Waals surface area contributed by atoms with Crippen LogP contribution in [0.3, 0.4) is 0 Å². The van der Waals surface area contributed by atoms with Crippen molar-refractivity contribution in [2.45, 2.75) is 26.1 Å². The molecule has 4 heteroatoms. The van der Waals surface area contributed by atoms with Gasteiger partial charge in [-0.05, 0) is 5.56 Å². The molecule has 2 rings (SSSR count). The van der Waals surface area contributed by atoms with Crippen LogP contribution in [0, 0.1) is 0 Å². The minimum Gasteiger partial charge on any atom is -0.198 e. The Balaban J connectivity index is 2.26. The molecule has 0 aliphatic heterocycles. The minimum atomic E-state index is -1.38. The second-order valence-electron chi connectivity index (χ2n) is 5.03. The Bertz CT molecular complexity index is 457. The molecule has 1 aromatic heterocycles. The first kappa shape index (κ1) is 11.1. The van der Waals surface area contributed by atoms with E-state index in [1.54, 1.807) is 0 Å². The number of nitrogens with zero attached hydrogens (tertiary/aromatic N) is 2. The van der Waals surface area contributed by atoms with Crippen molar-refractivity contribution in [2.75, 3.05) is 0 Å². The van der Waals surface area contributed by atoms with Crippen LogP contribution in [0.25, 0.3) is 0 Å². The molecular formula is C12H17N3Si. The van der Waals surface area contributed by atoms with Gasteiger partial charge >= 0.3 is 0 Å². The lowest BCUT2D eigenvalue weighted by Gasteiger charge is -2.13. The summed E-state index contributed by atoms with van der Waals surface area (Å²) in [4.78, 5) is 0. The van der Waals surface area contributed by atoms with Crippen molar-refractivity contribution in [2.24, 2.45) is 0 Å². The van der Waals surface area contributed by atoms with Gasteiger partial charge in [0.05, 0.1) is 11.0 Å². The molecule has 1 aromatic carbocycles. The van der Waals surface area contributed by atoms with Gasteiger partial charge in [0.15, 0.2) is 0 Å². The molecule has 0 radical (unpaired) electrons. The average molecular weight is 231 g/mol. The van der Waals surface area contributed by atoms with E-state index in [1.165, 1.54) is 10.9 Å². The molecular weight excluding hydrogens is 214 g/mol. The summed E-state index contributed by atoms with van der Waals surface area (Å²) in [6, 6.07) is 10.4. The Kier molecular flexibility index (Phi) is 2.92. The Morgan fingerprint density at radius 1 is 1.06 bits per heavy atom. The number of aromatic nitrogens is 3. The van der Waals surface area contributed by atoms with Crippen molar-refractivity contribution in [1.29, 1.82) is 0 Å². The van der Waals surface area contributed by atoms with Crippen LogP contribution >= 0.6 is 0 Å². The Hall–Kier alpha value is -1.42. The summed E-state index contributed by atoms with van der Waals surface area (Å²) in [6.45, 7) is 6.87. The average Bonchev–Trinajstić information content (AvgIpc) is 2.67. The van der Waals surface area contributed by atoms with Gasteiger partial charge in [0.25, 0.3) is 0 Å². The summed E-state index contributed by atoms with van der Waals surface area (Å²) >= 11 is 0. The summed E-state index contributed by atoms with van der Waals surface area (Å²) in [7, 11) is -1.38. The van der Waals surface area contributed by atoms with Crippen LogP contribution in [-0.2, 0) is 6.42 Å². The topological polar surface area (TPSA) is 41.6 Å². The third kappa shape index (κ3) is 2.39. The summed E-state index contributed by atoms with van der Waals surface area (Å²) < 4.78 is 0. The van der Waals surface area contributed by atoms with Crippen molar-refractivity contribution in [3.8, 4) is 0 Å². The zero-order chi connectivity index (χ0) is 11.6. The van der Waals surface area contributed by atoms with Gasteiger partial charge in [0.2, 0.25) is 0 Å². The van der Waals surface area contributed by atoms with Crippen molar-refractivity contribution in [3.05, 3.63) is 41.6 Å². The fraction of sp³-hybridized carbons (Fsp3) is 0.333. The van der Waals surface area contributed by atoms with Crippen LogP contribution in [0.4, 0.5) is 0 Å². The number of hydrogen-bond acceptors (Lipinski definition) is 2. The quantitative estimate of drug-likeness (QED) is 0.820. The highest BCUT2D eigenvalue weighted by molar-refractivity contribution is 6.88. The summed E-state index contributed by atoms with van der Waals surface area (Å²) in [5.41, 5.74) is 2.39. The maximum absolute atomic E-state index is 4.31. The largest absolute Gasteiger partial charge is 0.198 e. The van der Waals surface area contributed by atoms with Gasteiger partial charge in [-0.25, -0.2) is 0 Å². The Morgan fingerprint density at radius 3 is 2.38 bits per heavy atom. The van der Waals surface area contributed by atoms with Crippen molar-refractivity contribution in [1.82, 2.24) is 15.4 Å². The maximum Gasteiger partial charge on any atom is 0.106 e. The second kappa shape index (κ2) is 4.21. The first-order valence-corrected chi connectivity index (χ1v) is 9.01. The molecule has 1 heterocycles. The van der Waals surface area contributed by atoms with Gasteiger partial charge in [-0.3, -0.25) is 0 Å². The molecule has 84 valence electrons. The standard InChI is InChI=1S/C12H17N3Si/c1-16(2,3)12-11(13-15-14-12)9-10-7-5-4-6-8-10/h4-8H,9H2,1-3H3,(H,13,14,15). The molecule has 0 saturated heterocycles. The monoisotopic (exact) mass is 231 g/mol. The fourth-order valence-electron chi connectivity index (χ4n) is 1.77. The summed E-state index contributed by atoms with van der Waals surface area (Å²) in [5.74, 6) is 0. The number of hydrogen-bond donors (Lipinski definition) is 1. The fourth-order valence-corrected chi connectivity index (χ4v) is 3.16. The van der Waals surface area contributed by atoms with E-state index in [-0.39, 0.29) is 0 Å². The predicted octanol–water partition coefficient (Wildman–Crippen LogP) is 1.94. The van der Waals surface area contributed by atoms with Gasteiger partial charge in [0.1, 0.15) is 8.07 Å².